The van der Waals surface area contributed by atoms with E-state index in [2.05, 4.69) is 0 Å². The van der Waals surface area contributed by atoms with Crippen LogP contribution in [0.5, 0.6) is 17.2 Å². The van der Waals surface area contributed by atoms with Gasteiger partial charge in [-0.15, -0.1) is 0 Å². The Morgan fingerprint density at radius 3 is 2.35 bits per heavy atom. The lowest BCUT2D eigenvalue weighted by Gasteiger charge is -2.23. The van der Waals surface area contributed by atoms with E-state index < -0.39 is 34.4 Å². The second-order valence-electron chi connectivity index (χ2n) is 7.04. The zero-order valence-corrected chi connectivity index (χ0v) is 15.1. The minimum Gasteiger partial charge on any atom is -0.507 e. The average molecular weight is 360 g/mol. The van der Waals surface area contributed by atoms with Crippen molar-refractivity contribution in [1.29, 1.82) is 0 Å². The highest BCUT2D eigenvalue weighted by molar-refractivity contribution is 6.19. The Labute approximate surface area is 149 Å². The predicted octanol–water partition coefficient (Wildman–Crippen LogP) is 3.10. The van der Waals surface area contributed by atoms with E-state index in [0.717, 1.165) is 7.11 Å². The number of aryl methyl sites for hydroxylation is 1. The van der Waals surface area contributed by atoms with Crippen molar-refractivity contribution in [1.82, 2.24) is 0 Å². The van der Waals surface area contributed by atoms with E-state index in [1.54, 1.807) is 6.92 Å². The zero-order chi connectivity index (χ0) is 19.5. The van der Waals surface area contributed by atoms with Gasteiger partial charge in [-0.05, 0) is 25.5 Å². The molecule has 3 N–H and O–H groups in total. The molecule has 0 amide bonds. The van der Waals surface area contributed by atoms with Crippen LogP contribution in [0.25, 0.3) is 10.8 Å². The number of aromatic carboxylic acids is 1. The first-order valence-electron chi connectivity index (χ1n) is 8.07. The molecule has 0 saturated heterocycles. The number of fused-ring (bicyclic) bond motifs is 3. The molecule has 3 rings (SSSR count). The molecule has 0 bridgehead atoms. The molecule has 0 radical (unpaired) electrons. The number of benzene rings is 2. The van der Waals surface area contributed by atoms with Gasteiger partial charge in [-0.25, -0.2) is 9.59 Å². The molecule has 0 fully saturated rings. The van der Waals surface area contributed by atoms with E-state index in [1.165, 1.54) is 6.07 Å². The predicted molar refractivity (Wildman–Crippen MR) is 93.4 cm³/mol. The second-order valence-corrected chi connectivity index (χ2v) is 7.04. The van der Waals surface area contributed by atoms with Crippen LogP contribution in [0.2, 0.25) is 0 Å². The van der Waals surface area contributed by atoms with Gasteiger partial charge in [0.05, 0.1) is 7.11 Å². The molecule has 2 aromatic carbocycles. The summed E-state index contributed by atoms with van der Waals surface area (Å²) >= 11 is 0. The molecule has 1 unspecified atom stereocenters. The summed E-state index contributed by atoms with van der Waals surface area (Å²) in [6, 6.07) is 1.36. The fourth-order valence-electron chi connectivity index (χ4n) is 3.58. The van der Waals surface area contributed by atoms with Gasteiger partial charge in [0.15, 0.2) is 0 Å². The Kier molecular flexibility index (Phi) is 3.79. The van der Waals surface area contributed by atoms with Gasteiger partial charge >= 0.3 is 11.9 Å². The van der Waals surface area contributed by atoms with E-state index in [1.807, 2.05) is 20.8 Å². The summed E-state index contributed by atoms with van der Waals surface area (Å²) in [7, 11) is 1.13. The number of rotatable bonds is 2. The molecule has 0 aromatic heterocycles. The molecule has 7 nitrogen and oxygen atoms in total. The zero-order valence-electron chi connectivity index (χ0n) is 15.1. The molecule has 1 aliphatic rings. The van der Waals surface area contributed by atoms with Crippen LogP contribution in [-0.4, -0.2) is 40.5 Å². The van der Waals surface area contributed by atoms with E-state index in [0.29, 0.717) is 22.3 Å². The van der Waals surface area contributed by atoms with Crippen molar-refractivity contribution in [2.45, 2.75) is 39.2 Å². The van der Waals surface area contributed by atoms with E-state index >= 15 is 0 Å². The van der Waals surface area contributed by atoms with Crippen LogP contribution in [0.3, 0.4) is 0 Å². The highest BCUT2D eigenvalue weighted by atomic mass is 16.5. The maximum Gasteiger partial charge on any atom is 0.342 e. The van der Waals surface area contributed by atoms with Gasteiger partial charge in [-0.2, -0.15) is 0 Å². The van der Waals surface area contributed by atoms with Crippen molar-refractivity contribution >= 4 is 22.7 Å². The number of carboxylic acids is 1. The standard InChI is InChI=1S/C19H20O7/c1-7-6-9(20)11(18(24)25-5)12-10(7)16-14(15(21)13(12)17(22)23)19(3,4)8(2)26-16/h6,8,20-21H,1-5H3,(H,22,23). The number of esters is 1. The van der Waals surface area contributed by atoms with Crippen molar-refractivity contribution in [2.75, 3.05) is 7.11 Å². The fourth-order valence-corrected chi connectivity index (χ4v) is 3.58. The minimum absolute atomic E-state index is 0.0944. The summed E-state index contributed by atoms with van der Waals surface area (Å²) in [4.78, 5) is 24.2. The first-order chi connectivity index (χ1) is 12.0. The van der Waals surface area contributed by atoms with Crippen molar-refractivity contribution in [3.05, 3.63) is 28.3 Å². The Bertz CT molecular complexity index is 972. The van der Waals surface area contributed by atoms with Crippen molar-refractivity contribution < 1.29 is 34.4 Å². The third-order valence-electron chi connectivity index (χ3n) is 5.24. The van der Waals surface area contributed by atoms with Gasteiger partial charge in [0.1, 0.15) is 34.5 Å². The van der Waals surface area contributed by atoms with Crippen molar-refractivity contribution in [3.8, 4) is 17.2 Å². The average Bonchev–Trinajstić information content (AvgIpc) is 2.76. The maximum absolute atomic E-state index is 12.2. The van der Waals surface area contributed by atoms with Crippen LogP contribution < -0.4 is 4.74 Å². The molecule has 0 saturated carbocycles. The summed E-state index contributed by atoms with van der Waals surface area (Å²) in [6.45, 7) is 7.18. The molecule has 1 heterocycles. The second kappa shape index (κ2) is 5.52. The van der Waals surface area contributed by atoms with Crippen LogP contribution in [0.15, 0.2) is 6.07 Å². The first-order valence-corrected chi connectivity index (χ1v) is 8.07. The van der Waals surface area contributed by atoms with E-state index in [-0.39, 0.29) is 17.1 Å². The summed E-state index contributed by atoms with van der Waals surface area (Å²) in [5.74, 6) is -2.89. The van der Waals surface area contributed by atoms with Crippen LogP contribution in [0.4, 0.5) is 0 Å². The third kappa shape index (κ3) is 2.13. The molecule has 1 atom stereocenters. The monoisotopic (exact) mass is 360 g/mol. The SMILES string of the molecule is COC(=O)c1c(O)cc(C)c2c3c(c(O)c(C(=O)O)c12)C(C)(C)C(C)O3. The largest absolute Gasteiger partial charge is 0.507 e. The highest BCUT2D eigenvalue weighted by Gasteiger charge is 2.45. The smallest absolute Gasteiger partial charge is 0.342 e. The molecule has 0 aliphatic carbocycles. The number of aromatic hydroxyl groups is 2. The minimum atomic E-state index is -1.42. The number of ether oxygens (including phenoxy) is 2. The molecule has 0 spiro atoms. The number of phenols is 2. The molecule has 26 heavy (non-hydrogen) atoms. The summed E-state index contributed by atoms with van der Waals surface area (Å²) in [6.07, 6.45) is -0.328. The van der Waals surface area contributed by atoms with Crippen LogP contribution in [-0.2, 0) is 10.2 Å². The maximum atomic E-state index is 12.2. The number of carbonyl (C=O) groups excluding carboxylic acids is 1. The van der Waals surface area contributed by atoms with E-state index in [9.17, 15) is 24.9 Å². The molecular weight excluding hydrogens is 340 g/mol. The normalized spacial score (nSPS) is 17.7. The number of carbonyl (C=O) groups is 2. The third-order valence-corrected chi connectivity index (χ3v) is 5.24. The Balaban J connectivity index is 2.66. The van der Waals surface area contributed by atoms with Gasteiger partial charge in [0.25, 0.3) is 0 Å². The Morgan fingerprint density at radius 1 is 1.19 bits per heavy atom. The van der Waals surface area contributed by atoms with Crippen LogP contribution in [0, 0.1) is 6.92 Å². The van der Waals surface area contributed by atoms with Gasteiger partial charge < -0.3 is 24.8 Å². The first kappa shape index (κ1) is 17.8. The number of hydrogen-bond donors (Lipinski definition) is 3. The molecule has 1 aliphatic heterocycles. The molecule has 138 valence electrons. The number of carboxylic acid groups (broad SMARTS) is 1. The van der Waals surface area contributed by atoms with Gasteiger partial charge in [-0.1, -0.05) is 13.8 Å². The summed E-state index contributed by atoms with van der Waals surface area (Å²) in [5.41, 5.74) is -0.519. The number of phenolic OH excluding ortho intramolecular Hbond substituents is 1. The van der Waals surface area contributed by atoms with Gasteiger partial charge in [0.2, 0.25) is 0 Å². The quantitative estimate of drug-likeness (QED) is 0.705. The van der Waals surface area contributed by atoms with Crippen LogP contribution in [0.1, 0.15) is 52.6 Å². The van der Waals surface area contributed by atoms with Gasteiger partial charge in [-0.3, -0.25) is 0 Å². The van der Waals surface area contributed by atoms with Crippen LogP contribution >= 0.6 is 0 Å². The van der Waals surface area contributed by atoms with Crippen molar-refractivity contribution in [3.63, 3.8) is 0 Å². The Hall–Kier alpha value is -2.96. The lowest BCUT2D eigenvalue weighted by atomic mass is 9.78. The number of methoxy groups -OCH3 is 1. The Morgan fingerprint density at radius 2 is 1.81 bits per heavy atom. The summed E-state index contributed by atoms with van der Waals surface area (Å²) < 4.78 is 10.7. The molecule has 2 aromatic rings. The summed E-state index contributed by atoms with van der Waals surface area (Å²) in [5, 5.41) is 31.1. The van der Waals surface area contributed by atoms with Crippen molar-refractivity contribution in [2.24, 2.45) is 0 Å². The molecule has 7 heteroatoms. The lowest BCUT2D eigenvalue weighted by molar-refractivity contribution is 0.0600. The topological polar surface area (TPSA) is 113 Å². The highest BCUT2D eigenvalue weighted by Crippen LogP contribution is 2.54. The fraction of sp³-hybridized carbons (Fsp3) is 0.368. The van der Waals surface area contributed by atoms with E-state index in [4.69, 9.17) is 9.47 Å². The molecular formula is C19H20O7. The van der Waals surface area contributed by atoms with Gasteiger partial charge in [0, 0.05) is 21.8 Å². The lowest BCUT2D eigenvalue weighted by Crippen LogP contribution is -2.29. The number of hydrogen-bond acceptors (Lipinski definition) is 6.